The molecule has 39 heavy (non-hydrogen) atoms. The Morgan fingerprint density at radius 2 is 1.59 bits per heavy atom. The van der Waals surface area contributed by atoms with E-state index in [-0.39, 0.29) is 18.9 Å². The van der Waals surface area contributed by atoms with Crippen molar-refractivity contribution in [2.24, 2.45) is 0 Å². The van der Waals surface area contributed by atoms with Crippen molar-refractivity contribution in [3.05, 3.63) is 95.7 Å². The molecule has 0 aromatic heterocycles. The van der Waals surface area contributed by atoms with Crippen LogP contribution in [0.2, 0.25) is 0 Å². The van der Waals surface area contributed by atoms with Crippen molar-refractivity contribution in [1.82, 2.24) is 15.5 Å². The van der Waals surface area contributed by atoms with Gasteiger partial charge < -0.3 is 20.1 Å². The standard InChI is InChI=1S/C31H28N3O5/c35-29(34-15-7-14-28(34)30(36)37)27(16-19-17-32-26-13-6-5-8-20(19)26)33-31(38)39-18-25-23-11-3-1-9-21(23)22-10-2-4-12-24(22)25/h1-6,8-13,17,25,27-28H,7,14-16,18H2,(H,33,38)(H,36,37)/t27?,28-/m0/s1. The Balaban J connectivity index is 1.20. The number of aliphatic carboxylic acids is 1. The first-order valence-electron chi connectivity index (χ1n) is 13.2. The number of ether oxygens (including phenoxy) is 1. The highest BCUT2D eigenvalue weighted by molar-refractivity contribution is 5.92. The normalized spacial score (nSPS) is 17.9. The van der Waals surface area contributed by atoms with Gasteiger partial charge in [-0.15, -0.1) is 0 Å². The van der Waals surface area contributed by atoms with Crippen molar-refractivity contribution >= 4 is 29.2 Å². The van der Waals surface area contributed by atoms with E-state index < -0.39 is 30.1 Å². The lowest BCUT2D eigenvalue weighted by molar-refractivity contribution is -0.148. The summed E-state index contributed by atoms with van der Waals surface area (Å²) >= 11 is 0. The summed E-state index contributed by atoms with van der Waals surface area (Å²) in [5, 5.41) is 16.8. The largest absolute Gasteiger partial charge is 0.480 e. The molecule has 1 saturated heterocycles. The molecule has 1 radical (unpaired) electrons. The number of nitrogens with one attached hydrogen (secondary N) is 1. The minimum Gasteiger partial charge on any atom is -0.480 e. The number of fused-ring (bicyclic) bond motifs is 4. The summed E-state index contributed by atoms with van der Waals surface area (Å²) in [7, 11) is 0. The van der Waals surface area contributed by atoms with E-state index in [2.05, 4.69) is 22.8 Å². The van der Waals surface area contributed by atoms with Gasteiger partial charge in [0.05, 0.1) is 5.69 Å². The number of para-hydroxylation sites is 1. The fourth-order valence-corrected chi connectivity index (χ4v) is 5.93. The second kappa shape index (κ2) is 10.3. The molecule has 6 rings (SSSR count). The second-order valence-corrected chi connectivity index (χ2v) is 10.1. The smallest absolute Gasteiger partial charge is 0.407 e. The van der Waals surface area contributed by atoms with Crippen LogP contribution in [-0.2, 0) is 14.3 Å². The molecule has 3 aromatic rings. The minimum atomic E-state index is -1.04. The van der Waals surface area contributed by atoms with Crippen LogP contribution in [0.5, 0.6) is 0 Å². The van der Waals surface area contributed by atoms with Crippen LogP contribution >= 0.6 is 0 Å². The van der Waals surface area contributed by atoms with Crippen LogP contribution in [-0.4, -0.2) is 53.2 Å². The molecular weight excluding hydrogens is 494 g/mol. The summed E-state index contributed by atoms with van der Waals surface area (Å²) in [5.41, 5.74) is 6.92. The molecule has 2 N–H and O–H groups in total. The van der Waals surface area contributed by atoms with E-state index in [0.29, 0.717) is 19.4 Å². The first kappa shape index (κ1) is 24.7. The lowest BCUT2D eigenvalue weighted by atomic mass is 9.98. The Kier molecular flexibility index (Phi) is 6.52. The third kappa shape index (κ3) is 4.63. The van der Waals surface area contributed by atoms with Crippen molar-refractivity contribution in [3.8, 4) is 11.1 Å². The number of carbonyl (C=O) groups is 3. The lowest BCUT2D eigenvalue weighted by Gasteiger charge is -2.27. The van der Waals surface area contributed by atoms with E-state index in [1.165, 1.54) is 4.90 Å². The zero-order chi connectivity index (χ0) is 26.9. The highest BCUT2D eigenvalue weighted by Crippen LogP contribution is 2.44. The molecule has 1 aliphatic carbocycles. The van der Waals surface area contributed by atoms with Gasteiger partial charge in [-0.3, -0.25) is 10.1 Å². The number of rotatable bonds is 7. The van der Waals surface area contributed by atoms with Crippen molar-refractivity contribution in [2.75, 3.05) is 13.2 Å². The lowest BCUT2D eigenvalue weighted by Crippen LogP contribution is -2.52. The summed E-state index contributed by atoms with van der Waals surface area (Å²) in [6.45, 7) is 0.446. The number of alkyl carbamates (subject to hydrolysis) is 1. The number of amides is 2. The van der Waals surface area contributed by atoms with Crippen LogP contribution in [0.3, 0.4) is 0 Å². The maximum absolute atomic E-state index is 13.6. The average molecular weight is 523 g/mol. The van der Waals surface area contributed by atoms with Crippen molar-refractivity contribution < 1.29 is 24.2 Å². The fraction of sp³-hybridized carbons (Fsp3) is 0.258. The number of likely N-dealkylation sites (tertiary alicyclic amines) is 1. The average Bonchev–Trinajstić information content (AvgIpc) is 3.68. The van der Waals surface area contributed by atoms with Crippen LogP contribution in [0, 0.1) is 0 Å². The van der Waals surface area contributed by atoms with Gasteiger partial charge in [0.25, 0.3) is 0 Å². The van der Waals surface area contributed by atoms with Crippen molar-refractivity contribution in [1.29, 1.82) is 0 Å². The van der Waals surface area contributed by atoms with Gasteiger partial charge in [0.15, 0.2) is 0 Å². The van der Waals surface area contributed by atoms with E-state index >= 15 is 0 Å². The van der Waals surface area contributed by atoms with Gasteiger partial charge in [-0.2, -0.15) is 0 Å². The monoisotopic (exact) mass is 522 g/mol. The Morgan fingerprint density at radius 3 is 2.28 bits per heavy atom. The van der Waals surface area contributed by atoms with Gasteiger partial charge in [-0.1, -0.05) is 66.7 Å². The number of hydrogen-bond donors (Lipinski definition) is 2. The zero-order valence-electron chi connectivity index (χ0n) is 21.2. The molecule has 8 nitrogen and oxygen atoms in total. The molecule has 2 amide bonds. The van der Waals surface area contributed by atoms with E-state index in [9.17, 15) is 19.5 Å². The molecular formula is C31H28N3O5. The van der Waals surface area contributed by atoms with E-state index in [1.807, 2.05) is 60.7 Å². The quantitative estimate of drug-likeness (QED) is 0.469. The summed E-state index contributed by atoms with van der Waals surface area (Å²) in [5.74, 6) is -1.59. The van der Waals surface area contributed by atoms with E-state index in [1.54, 1.807) is 6.20 Å². The predicted octanol–water partition coefficient (Wildman–Crippen LogP) is 4.65. The number of nitrogens with zero attached hydrogens (tertiary/aromatic N) is 2. The van der Waals surface area contributed by atoms with Gasteiger partial charge >= 0.3 is 12.1 Å². The molecule has 1 fully saturated rings. The fourth-order valence-electron chi connectivity index (χ4n) is 5.93. The number of carboxylic acids is 1. The third-order valence-corrected chi connectivity index (χ3v) is 7.79. The number of hydrogen-bond acceptors (Lipinski definition) is 4. The van der Waals surface area contributed by atoms with Gasteiger partial charge in [0.2, 0.25) is 5.91 Å². The molecule has 3 aromatic carbocycles. The maximum Gasteiger partial charge on any atom is 0.407 e. The zero-order valence-corrected chi connectivity index (χ0v) is 21.2. The van der Waals surface area contributed by atoms with Gasteiger partial charge in [-0.25, -0.2) is 9.59 Å². The van der Waals surface area contributed by atoms with Gasteiger partial charge in [-0.05, 0) is 46.7 Å². The number of carbonyl (C=O) groups excluding carboxylic acids is 2. The first-order valence-corrected chi connectivity index (χ1v) is 13.2. The molecule has 0 saturated carbocycles. The third-order valence-electron chi connectivity index (χ3n) is 7.79. The summed E-state index contributed by atoms with van der Waals surface area (Å²) in [6, 6.07) is 21.8. The molecule has 2 atom stereocenters. The maximum atomic E-state index is 13.6. The van der Waals surface area contributed by atoms with E-state index in [0.717, 1.165) is 39.1 Å². The van der Waals surface area contributed by atoms with Crippen LogP contribution in [0.1, 0.15) is 41.9 Å². The minimum absolute atomic E-state index is 0.114. The molecule has 0 spiro atoms. The van der Waals surface area contributed by atoms with Crippen LogP contribution in [0.4, 0.5) is 10.5 Å². The molecule has 2 aliphatic heterocycles. The van der Waals surface area contributed by atoms with Crippen LogP contribution < -0.4 is 10.6 Å². The second-order valence-electron chi connectivity index (χ2n) is 10.1. The number of carboxylic acid groups (broad SMARTS) is 1. The topological polar surface area (TPSA) is 110 Å². The van der Waals surface area contributed by atoms with Gasteiger partial charge in [0.1, 0.15) is 18.7 Å². The first-order chi connectivity index (χ1) is 19.0. The highest BCUT2D eigenvalue weighted by atomic mass is 16.5. The number of benzene rings is 3. The Morgan fingerprint density at radius 1 is 0.949 bits per heavy atom. The summed E-state index contributed by atoms with van der Waals surface area (Å²) in [4.78, 5) is 39.9. The summed E-state index contributed by atoms with van der Waals surface area (Å²) < 4.78 is 5.71. The van der Waals surface area contributed by atoms with Gasteiger partial charge in [0, 0.05) is 30.6 Å². The Bertz CT molecular complexity index is 1440. The molecule has 3 aliphatic rings. The highest BCUT2D eigenvalue weighted by Gasteiger charge is 2.39. The SMILES string of the molecule is O=C(NC(CC1=C[N]c2ccccc21)C(=O)N1CCC[C@H]1C(=O)O)OCC1c2ccccc2-c2ccccc21. The Labute approximate surface area is 226 Å². The van der Waals surface area contributed by atoms with Crippen LogP contribution in [0.15, 0.2) is 79.0 Å². The molecule has 1 unspecified atom stereocenters. The predicted molar refractivity (Wildman–Crippen MR) is 145 cm³/mol. The van der Waals surface area contributed by atoms with Crippen molar-refractivity contribution in [3.63, 3.8) is 0 Å². The van der Waals surface area contributed by atoms with E-state index in [4.69, 9.17) is 4.74 Å². The molecule has 2 heterocycles. The Hall–Kier alpha value is -4.59. The van der Waals surface area contributed by atoms with Crippen LogP contribution in [0.25, 0.3) is 16.7 Å². The molecule has 197 valence electrons. The summed E-state index contributed by atoms with van der Waals surface area (Å²) in [6.07, 6.45) is 2.14. The molecule has 0 bridgehead atoms. The molecule has 8 heteroatoms. The van der Waals surface area contributed by atoms with Crippen molar-refractivity contribution in [2.45, 2.75) is 37.3 Å².